The number of nitrogens with one attached hydrogen (secondary N) is 1. The fourth-order valence-corrected chi connectivity index (χ4v) is 2.46. The van der Waals surface area contributed by atoms with Crippen LogP contribution in [0.4, 0.5) is 5.95 Å². The highest BCUT2D eigenvalue weighted by atomic mass is 16.5. The molecule has 1 saturated carbocycles. The lowest BCUT2D eigenvalue weighted by Crippen LogP contribution is -2.42. The van der Waals surface area contributed by atoms with Crippen LogP contribution >= 0.6 is 0 Å². The van der Waals surface area contributed by atoms with Crippen molar-refractivity contribution < 1.29 is 14.6 Å². The number of hydrogen-bond acceptors (Lipinski definition) is 6. The van der Waals surface area contributed by atoms with Crippen molar-refractivity contribution in [3.05, 3.63) is 18.5 Å². The van der Waals surface area contributed by atoms with E-state index in [-0.39, 0.29) is 11.9 Å². The van der Waals surface area contributed by atoms with E-state index in [4.69, 9.17) is 4.74 Å². The third-order valence-corrected chi connectivity index (χ3v) is 3.68. The number of anilines is 1. The molecule has 0 aromatic carbocycles. The molecule has 1 aromatic rings. The van der Waals surface area contributed by atoms with Gasteiger partial charge in [-0.25, -0.2) is 9.97 Å². The molecule has 0 unspecified atom stereocenters. The quantitative estimate of drug-likeness (QED) is 0.792. The van der Waals surface area contributed by atoms with Crippen LogP contribution in [-0.2, 0) is 9.53 Å². The number of carbonyl (C=O) groups excluding carboxylic acids is 1. The summed E-state index contributed by atoms with van der Waals surface area (Å²) in [6, 6.07) is 1.74. The number of aromatic nitrogens is 2. The van der Waals surface area contributed by atoms with Gasteiger partial charge in [0.15, 0.2) is 0 Å². The van der Waals surface area contributed by atoms with Crippen LogP contribution in [0.2, 0.25) is 0 Å². The van der Waals surface area contributed by atoms with Gasteiger partial charge in [-0.1, -0.05) is 0 Å². The highest BCUT2D eigenvalue weighted by Gasteiger charge is 2.36. The smallest absolute Gasteiger partial charge is 0.308 e. The minimum Gasteiger partial charge on any atom is -0.466 e. The molecule has 0 bridgehead atoms. The number of aliphatic hydroxyl groups is 1. The Bertz CT molecular complexity index is 431. The minimum atomic E-state index is -0.803. The van der Waals surface area contributed by atoms with Crippen LogP contribution in [0.25, 0.3) is 0 Å². The minimum absolute atomic E-state index is 0.0804. The summed E-state index contributed by atoms with van der Waals surface area (Å²) in [5.41, 5.74) is -0.803. The molecular formula is C14H21N3O3. The van der Waals surface area contributed by atoms with Gasteiger partial charge in [0.25, 0.3) is 0 Å². The van der Waals surface area contributed by atoms with E-state index in [0.717, 1.165) is 0 Å². The summed E-state index contributed by atoms with van der Waals surface area (Å²) in [6.45, 7) is 2.61. The van der Waals surface area contributed by atoms with Crippen molar-refractivity contribution in [3.63, 3.8) is 0 Å². The zero-order valence-corrected chi connectivity index (χ0v) is 11.7. The highest BCUT2D eigenvalue weighted by Crippen LogP contribution is 2.32. The van der Waals surface area contributed by atoms with Crippen LogP contribution in [0.1, 0.15) is 32.6 Å². The Hall–Kier alpha value is -1.69. The molecular weight excluding hydrogens is 258 g/mol. The maximum absolute atomic E-state index is 11.6. The first kappa shape index (κ1) is 14.7. The third-order valence-electron chi connectivity index (χ3n) is 3.68. The van der Waals surface area contributed by atoms with Gasteiger partial charge in [-0.15, -0.1) is 0 Å². The summed E-state index contributed by atoms with van der Waals surface area (Å²) in [5.74, 6) is 0.283. The van der Waals surface area contributed by atoms with Gasteiger partial charge in [0.2, 0.25) is 5.95 Å². The molecule has 0 atom stereocenters. The van der Waals surface area contributed by atoms with Crippen LogP contribution in [0.3, 0.4) is 0 Å². The fraction of sp³-hybridized carbons (Fsp3) is 0.643. The molecule has 0 saturated heterocycles. The van der Waals surface area contributed by atoms with Crippen molar-refractivity contribution >= 4 is 11.9 Å². The molecule has 1 fully saturated rings. The summed E-state index contributed by atoms with van der Waals surface area (Å²) in [7, 11) is 0. The molecule has 0 radical (unpaired) electrons. The number of nitrogens with zero attached hydrogens (tertiary/aromatic N) is 2. The first-order valence-electron chi connectivity index (χ1n) is 7.03. The summed E-state index contributed by atoms with van der Waals surface area (Å²) in [6.07, 6.45) is 5.78. The fourth-order valence-electron chi connectivity index (χ4n) is 2.46. The van der Waals surface area contributed by atoms with E-state index in [0.29, 0.717) is 44.8 Å². The predicted molar refractivity (Wildman–Crippen MR) is 74.1 cm³/mol. The summed E-state index contributed by atoms with van der Waals surface area (Å²) in [5, 5.41) is 13.5. The van der Waals surface area contributed by atoms with Crippen LogP contribution in [-0.4, -0.2) is 39.8 Å². The molecule has 2 rings (SSSR count). The van der Waals surface area contributed by atoms with Crippen molar-refractivity contribution in [2.75, 3.05) is 18.5 Å². The molecule has 0 amide bonds. The maximum Gasteiger partial charge on any atom is 0.308 e. The Morgan fingerprint density at radius 2 is 2.10 bits per heavy atom. The lowest BCUT2D eigenvalue weighted by molar-refractivity contribution is -0.150. The van der Waals surface area contributed by atoms with Crippen molar-refractivity contribution in [2.45, 2.75) is 38.2 Å². The van der Waals surface area contributed by atoms with E-state index in [1.807, 2.05) is 0 Å². The van der Waals surface area contributed by atoms with E-state index in [2.05, 4.69) is 15.3 Å². The molecule has 110 valence electrons. The van der Waals surface area contributed by atoms with Gasteiger partial charge in [-0.05, 0) is 38.7 Å². The highest BCUT2D eigenvalue weighted by molar-refractivity contribution is 5.72. The van der Waals surface area contributed by atoms with Crippen LogP contribution in [0, 0.1) is 5.92 Å². The average Bonchev–Trinajstić information content (AvgIpc) is 2.47. The normalized spacial score (nSPS) is 26.0. The average molecular weight is 279 g/mol. The van der Waals surface area contributed by atoms with E-state index in [1.165, 1.54) is 0 Å². The molecule has 1 aliphatic carbocycles. The molecule has 0 spiro atoms. The van der Waals surface area contributed by atoms with Gasteiger partial charge in [-0.2, -0.15) is 0 Å². The maximum atomic E-state index is 11.6. The second-order valence-corrected chi connectivity index (χ2v) is 5.18. The molecule has 20 heavy (non-hydrogen) atoms. The van der Waals surface area contributed by atoms with Gasteiger partial charge >= 0.3 is 5.97 Å². The van der Waals surface area contributed by atoms with E-state index >= 15 is 0 Å². The molecule has 6 nitrogen and oxygen atoms in total. The predicted octanol–water partition coefficient (Wildman–Crippen LogP) is 1.37. The molecule has 1 aromatic heterocycles. The van der Waals surface area contributed by atoms with Gasteiger partial charge in [0.1, 0.15) is 0 Å². The molecule has 2 N–H and O–H groups in total. The number of hydrogen-bond donors (Lipinski definition) is 2. The molecule has 1 aliphatic rings. The van der Waals surface area contributed by atoms with Gasteiger partial charge in [-0.3, -0.25) is 4.79 Å². The molecule has 1 heterocycles. The number of esters is 1. The zero-order chi connectivity index (χ0) is 14.4. The summed E-state index contributed by atoms with van der Waals surface area (Å²) < 4.78 is 5.02. The van der Waals surface area contributed by atoms with Crippen LogP contribution < -0.4 is 5.32 Å². The Kier molecular flexibility index (Phi) is 4.89. The van der Waals surface area contributed by atoms with Crippen LogP contribution in [0.15, 0.2) is 18.5 Å². The lowest BCUT2D eigenvalue weighted by atomic mass is 9.79. The van der Waals surface area contributed by atoms with E-state index in [9.17, 15) is 9.90 Å². The monoisotopic (exact) mass is 279 g/mol. The van der Waals surface area contributed by atoms with E-state index in [1.54, 1.807) is 25.4 Å². The third kappa shape index (κ3) is 3.90. The first-order chi connectivity index (χ1) is 9.63. The largest absolute Gasteiger partial charge is 0.466 e. The number of carbonyl (C=O) groups is 1. The van der Waals surface area contributed by atoms with Crippen molar-refractivity contribution in [1.29, 1.82) is 0 Å². The number of rotatable bonds is 5. The summed E-state index contributed by atoms with van der Waals surface area (Å²) >= 11 is 0. The first-order valence-corrected chi connectivity index (χ1v) is 7.03. The Morgan fingerprint density at radius 1 is 1.45 bits per heavy atom. The zero-order valence-electron chi connectivity index (χ0n) is 11.7. The van der Waals surface area contributed by atoms with Crippen molar-refractivity contribution in [2.24, 2.45) is 5.92 Å². The summed E-state index contributed by atoms with van der Waals surface area (Å²) in [4.78, 5) is 19.8. The van der Waals surface area contributed by atoms with Crippen molar-refractivity contribution in [1.82, 2.24) is 9.97 Å². The van der Waals surface area contributed by atoms with Gasteiger partial charge in [0, 0.05) is 18.9 Å². The van der Waals surface area contributed by atoms with Gasteiger partial charge < -0.3 is 15.2 Å². The second-order valence-electron chi connectivity index (χ2n) is 5.18. The van der Waals surface area contributed by atoms with Crippen molar-refractivity contribution in [3.8, 4) is 0 Å². The number of ether oxygens (including phenoxy) is 1. The topological polar surface area (TPSA) is 84.3 Å². The lowest BCUT2D eigenvalue weighted by Gasteiger charge is -2.35. The molecule has 0 aliphatic heterocycles. The Morgan fingerprint density at radius 3 is 2.70 bits per heavy atom. The molecule has 6 heteroatoms. The second kappa shape index (κ2) is 6.65. The van der Waals surface area contributed by atoms with Gasteiger partial charge in [0.05, 0.1) is 18.1 Å². The van der Waals surface area contributed by atoms with E-state index < -0.39 is 5.60 Å². The Balaban J connectivity index is 1.81. The standard InChI is InChI=1S/C14H21N3O3/c1-2-20-12(18)11-4-6-14(19,7-5-11)10-17-13-15-8-3-9-16-13/h3,8-9,11,19H,2,4-7,10H2,1H3,(H,15,16,17)/t11-,14+. The van der Waals surface area contributed by atoms with Crippen LogP contribution in [0.5, 0.6) is 0 Å². The SMILES string of the molecule is CCOC(=O)[C@H]1CC[C@](O)(CNc2ncccn2)CC1. The Labute approximate surface area is 118 Å².